The van der Waals surface area contributed by atoms with Gasteiger partial charge in [-0.3, -0.25) is 4.79 Å². The molecule has 3 aliphatic rings. The fourth-order valence-corrected chi connectivity index (χ4v) is 7.38. The Bertz CT molecular complexity index is 1270. The molecule has 172 valence electrons. The zero-order valence-electron chi connectivity index (χ0n) is 19.8. The summed E-state index contributed by atoms with van der Waals surface area (Å²) in [4.78, 5) is 14.0. The van der Waals surface area contributed by atoms with E-state index in [1.807, 2.05) is 12.1 Å². The predicted octanol–water partition coefficient (Wildman–Crippen LogP) is 6.77. The number of ether oxygens (including phenoxy) is 2. The average molecular weight is 451 g/mol. The van der Waals surface area contributed by atoms with Gasteiger partial charge in [0.2, 0.25) is 0 Å². The van der Waals surface area contributed by atoms with Gasteiger partial charge in [-0.05, 0) is 70.5 Å². The summed E-state index contributed by atoms with van der Waals surface area (Å²) in [6.07, 6.45) is 7.20. The zero-order valence-corrected chi connectivity index (χ0v) is 19.8. The van der Waals surface area contributed by atoms with Gasteiger partial charge in [-0.25, -0.2) is 0 Å². The van der Waals surface area contributed by atoms with Gasteiger partial charge in [-0.15, -0.1) is 0 Å². The molecule has 0 radical (unpaired) electrons. The Balaban J connectivity index is 1.48. The standard InChI is InChI=1S/C31H30O3/c1-21-28-26-12-4-3-10-24(26)25-11-5-6-13-27(25)31(28)29(32)34-20-8-19-30(21,31)18-7-9-22-14-16-23(33-2)17-15-22/h3-7,9-17,21,28H,8,18-20H2,1-2H3/b9-7+/t21-,28+,30-,31-/m0/s1. The minimum absolute atomic E-state index is 0.0344. The smallest absolute Gasteiger partial charge is 0.317 e. The summed E-state index contributed by atoms with van der Waals surface area (Å²) in [6, 6.07) is 25.3. The van der Waals surface area contributed by atoms with Gasteiger partial charge in [-0.2, -0.15) is 0 Å². The molecule has 34 heavy (non-hydrogen) atoms. The fraction of sp³-hybridized carbons (Fsp3) is 0.323. The molecule has 4 atom stereocenters. The van der Waals surface area contributed by atoms with E-state index in [2.05, 4.69) is 79.7 Å². The molecule has 1 spiro atoms. The second-order valence-electron chi connectivity index (χ2n) is 9.98. The monoisotopic (exact) mass is 450 g/mol. The van der Waals surface area contributed by atoms with E-state index >= 15 is 0 Å². The number of allylic oxidation sites excluding steroid dienone is 1. The Kier molecular flexibility index (Phi) is 4.91. The van der Waals surface area contributed by atoms with Gasteiger partial charge in [0.25, 0.3) is 0 Å². The molecule has 2 aliphatic carbocycles. The van der Waals surface area contributed by atoms with Gasteiger partial charge in [0.05, 0.1) is 13.7 Å². The number of carbonyl (C=O) groups is 1. The lowest BCUT2D eigenvalue weighted by Gasteiger charge is -2.69. The van der Waals surface area contributed by atoms with E-state index in [1.165, 1.54) is 16.7 Å². The van der Waals surface area contributed by atoms with Crippen LogP contribution in [0.3, 0.4) is 0 Å². The highest BCUT2D eigenvalue weighted by Gasteiger charge is 2.76. The molecule has 3 aromatic rings. The molecule has 6 rings (SSSR count). The van der Waals surface area contributed by atoms with Gasteiger partial charge in [0, 0.05) is 5.92 Å². The van der Waals surface area contributed by atoms with Crippen LogP contribution in [0.25, 0.3) is 17.2 Å². The first-order valence-electron chi connectivity index (χ1n) is 12.3. The van der Waals surface area contributed by atoms with E-state index in [0.29, 0.717) is 12.5 Å². The number of rotatable bonds is 4. The van der Waals surface area contributed by atoms with Crippen molar-refractivity contribution in [3.8, 4) is 16.9 Å². The highest BCUT2D eigenvalue weighted by Crippen LogP contribution is 2.76. The molecule has 1 heterocycles. The Hall–Kier alpha value is -3.33. The highest BCUT2D eigenvalue weighted by atomic mass is 16.5. The average Bonchev–Trinajstić information content (AvgIpc) is 3.00. The third kappa shape index (κ3) is 2.67. The van der Waals surface area contributed by atoms with Crippen LogP contribution in [0, 0.1) is 11.3 Å². The Morgan fingerprint density at radius 3 is 2.53 bits per heavy atom. The lowest BCUT2D eigenvalue weighted by atomic mass is 9.32. The second-order valence-corrected chi connectivity index (χ2v) is 9.98. The van der Waals surface area contributed by atoms with Crippen LogP contribution in [-0.2, 0) is 14.9 Å². The molecule has 0 bridgehead atoms. The first kappa shape index (κ1) is 21.2. The van der Waals surface area contributed by atoms with Crippen LogP contribution >= 0.6 is 0 Å². The number of hydrogen-bond donors (Lipinski definition) is 0. The number of benzene rings is 3. The quantitative estimate of drug-likeness (QED) is 0.411. The van der Waals surface area contributed by atoms with Crippen molar-refractivity contribution in [2.45, 2.75) is 37.5 Å². The van der Waals surface area contributed by atoms with E-state index in [-0.39, 0.29) is 17.3 Å². The summed E-state index contributed by atoms with van der Waals surface area (Å²) in [6.45, 7) is 2.86. The fourth-order valence-electron chi connectivity index (χ4n) is 7.38. The van der Waals surface area contributed by atoms with E-state index in [0.717, 1.165) is 36.1 Å². The maximum atomic E-state index is 14.0. The number of carbonyl (C=O) groups excluding carboxylic acids is 1. The minimum atomic E-state index is -0.641. The lowest BCUT2D eigenvalue weighted by Crippen LogP contribution is -2.70. The van der Waals surface area contributed by atoms with Crippen LogP contribution in [0.5, 0.6) is 5.75 Å². The number of fused-ring (bicyclic) bond motifs is 4. The lowest BCUT2D eigenvalue weighted by molar-refractivity contribution is -0.177. The zero-order chi connectivity index (χ0) is 23.3. The molecular formula is C31H30O3. The first-order chi connectivity index (χ1) is 16.6. The van der Waals surface area contributed by atoms with Crippen molar-refractivity contribution in [3.63, 3.8) is 0 Å². The van der Waals surface area contributed by atoms with E-state index < -0.39 is 5.41 Å². The molecule has 3 aromatic carbocycles. The molecule has 1 aliphatic heterocycles. The van der Waals surface area contributed by atoms with Crippen LogP contribution in [0.15, 0.2) is 78.9 Å². The summed E-state index contributed by atoms with van der Waals surface area (Å²) in [5, 5.41) is 0. The number of esters is 1. The molecule has 1 saturated heterocycles. The molecule has 3 nitrogen and oxygen atoms in total. The summed E-state index contributed by atoms with van der Waals surface area (Å²) < 4.78 is 11.2. The number of hydrogen-bond acceptors (Lipinski definition) is 3. The van der Waals surface area contributed by atoms with Crippen molar-refractivity contribution in [3.05, 3.63) is 95.6 Å². The maximum absolute atomic E-state index is 14.0. The summed E-state index contributed by atoms with van der Waals surface area (Å²) in [5.74, 6) is 1.33. The van der Waals surface area contributed by atoms with Crippen LogP contribution in [0.4, 0.5) is 0 Å². The van der Waals surface area contributed by atoms with Crippen molar-refractivity contribution in [2.75, 3.05) is 13.7 Å². The molecule has 3 heteroatoms. The van der Waals surface area contributed by atoms with Crippen LogP contribution in [0.2, 0.25) is 0 Å². The molecule has 1 saturated carbocycles. The minimum Gasteiger partial charge on any atom is -0.497 e. The molecular weight excluding hydrogens is 420 g/mol. The Morgan fingerprint density at radius 2 is 1.74 bits per heavy atom. The van der Waals surface area contributed by atoms with Crippen molar-refractivity contribution < 1.29 is 14.3 Å². The van der Waals surface area contributed by atoms with Gasteiger partial charge in [0.15, 0.2) is 0 Å². The third-order valence-corrected chi connectivity index (χ3v) is 8.79. The Morgan fingerprint density at radius 1 is 1.00 bits per heavy atom. The predicted molar refractivity (Wildman–Crippen MR) is 135 cm³/mol. The first-order valence-corrected chi connectivity index (χ1v) is 12.3. The van der Waals surface area contributed by atoms with Crippen LogP contribution < -0.4 is 4.74 Å². The van der Waals surface area contributed by atoms with Gasteiger partial charge in [-0.1, -0.05) is 79.7 Å². The van der Waals surface area contributed by atoms with Crippen molar-refractivity contribution in [1.29, 1.82) is 0 Å². The number of cyclic esters (lactones) is 1. The number of methoxy groups -OCH3 is 1. The normalized spacial score (nSPS) is 29.1. The highest BCUT2D eigenvalue weighted by molar-refractivity contribution is 5.95. The van der Waals surface area contributed by atoms with Gasteiger partial charge < -0.3 is 9.47 Å². The van der Waals surface area contributed by atoms with E-state index in [4.69, 9.17) is 9.47 Å². The van der Waals surface area contributed by atoms with Crippen LogP contribution in [-0.4, -0.2) is 19.7 Å². The maximum Gasteiger partial charge on any atom is 0.317 e. The molecule has 0 N–H and O–H groups in total. The largest absolute Gasteiger partial charge is 0.497 e. The van der Waals surface area contributed by atoms with E-state index in [1.54, 1.807) is 7.11 Å². The van der Waals surface area contributed by atoms with Gasteiger partial charge >= 0.3 is 5.97 Å². The van der Waals surface area contributed by atoms with E-state index in [9.17, 15) is 4.79 Å². The summed E-state index contributed by atoms with van der Waals surface area (Å²) in [7, 11) is 1.68. The van der Waals surface area contributed by atoms with Gasteiger partial charge in [0.1, 0.15) is 11.2 Å². The van der Waals surface area contributed by atoms with Crippen molar-refractivity contribution in [2.24, 2.45) is 11.3 Å². The molecule has 0 amide bonds. The topological polar surface area (TPSA) is 35.5 Å². The molecule has 0 unspecified atom stereocenters. The third-order valence-electron chi connectivity index (χ3n) is 8.79. The van der Waals surface area contributed by atoms with Crippen LogP contribution in [0.1, 0.15) is 48.8 Å². The summed E-state index contributed by atoms with van der Waals surface area (Å²) >= 11 is 0. The van der Waals surface area contributed by atoms with Crippen molar-refractivity contribution >= 4 is 12.0 Å². The SMILES string of the molecule is COc1ccc(/C=C/C[C@@]23CCCOC(=O)[C@@]24c2ccccc2-c2ccccc2[C@H]4[C@@H]3C)cc1. The second kappa shape index (κ2) is 7.87. The molecule has 0 aromatic heterocycles. The summed E-state index contributed by atoms with van der Waals surface area (Å²) in [5.41, 5.74) is 5.23. The van der Waals surface area contributed by atoms with Crippen molar-refractivity contribution in [1.82, 2.24) is 0 Å². The molecule has 2 fully saturated rings. The Labute approximate surface area is 201 Å².